The van der Waals surface area contributed by atoms with Crippen molar-refractivity contribution < 1.29 is 22.3 Å². The van der Waals surface area contributed by atoms with Crippen molar-refractivity contribution >= 4 is 44.8 Å². The largest absolute Gasteiger partial charge is 0.489 e. The van der Waals surface area contributed by atoms with Crippen LogP contribution in [0.4, 0.5) is 10.1 Å². The Bertz CT molecular complexity index is 1530. The summed E-state index contributed by atoms with van der Waals surface area (Å²) in [5.41, 5.74) is 2.69. The molecule has 0 aromatic heterocycles. The molecule has 4 aromatic rings. The molecule has 0 spiro atoms. The normalized spacial score (nSPS) is 11.2. The van der Waals surface area contributed by atoms with Gasteiger partial charge in [0.15, 0.2) is 0 Å². The summed E-state index contributed by atoms with van der Waals surface area (Å²) in [6.45, 7) is 1.83. The van der Waals surface area contributed by atoms with Gasteiger partial charge in [-0.15, -0.1) is 0 Å². The zero-order valence-electron chi connectivity index (χ0n) is 20.9. The van der Waals surface area contributed by atoms with Crippen LogP contribution in [0.15, 0.2) is 95.9 Å². The van der Waals surface area contributed by atoms with Crippen LogP contribution >= 0.6 is 23.2 Å². The van der Waals surface area contributed by atoms with Crippen LogP contribution in [0.2, 0.25) is 10.0 Å². The number of amides is 1. The van der Waals surface area contributed by atoms with Gasteiger partial charge >= 0.3 is 0 Å². The van der Waals surface area contributed by atoms with Crippen LogP contribution in [0.1, 0.15) is 16.7 Å². The molecule has 0 heterocycles. The van der Waals surface area contributed by atoms with Gasteiger partial charge in [-0.05, 0) is 72.6 Å². The smallest absolute Gasteiger partial charge is 0.264 e. The zero-order chi connectivity index (χ0) is 28.0. The van der Waals surface area contributed by atoms with E-state index in [9.17, 15) is 17.6 Å². The van der Waals surface area contributed by atoms with Crippen molar-refractivity contribution in [1.29, 1.82) is 0 Å². The molecule has 0 radical (unpaired) electrons. The number of sulfonamides is 1. The van der Waals surface area contributed by atoms with Gasteiger partial charge < -0.3 is 10.1 Å². The third kappa shape index (κ3) is 7.72. The number of anilines is 1. The summed E-state index contributed by atoms with van der Waals surface area (Å²) in [7, 11) is -4.10. The van der Waals surface area contributed by atoms with Crippen molar-refractivity contribution in [2.75, 3.05) is 10.8 Å². The highest BCUT2D eigenvalue weighted by atomic mass is 35.5. The highest BCUT2D eigenvalue weighted by molar-refractivity contribution is 7.92. The average molecular weight is 588 g/mol. The topological polar surface area (TPSA) is 75.7 Å². The molecule has 0 atom stereocenters. The van der Waals surface area contributed by atoms with E-state index < -0.39 is 22.5 Å². The number of aryl methyl sites for hydroxylation is 1. The van der Waals surface area contributed by atoms with Crippen molar-refractivity contribution in [3.63, 3.8) is 0 Å². The van der Waals surface area contributed by atoms with Crippen LogP contribution in [0.3, 0.4) is 0 Å². The number of hydrogen-bond donors (Lipinski definition) is 1. The quantitative estimate of drug-likeness (QED) is 0.229. The molecule has 1 amide bonds. The molecule has 202 valence electrons. The van der Waals surface area contributed by atoms with Gasteiger partial charge in [-0.1, -0.05) is 65.2 Å². The molecule has 0 saturated carbocycles. The second-order valence-electron chi connectivity index (χ2n) is 8.79. The second-order valence-corrected chi connectivity index (χ2v) is 11.5. The Labute approximate surface area is 237 Å². The molecule has 1 N–H and O–H groups in total. The van der Waals surface area contributed by atoms with Gasteiger partial charge in [-0.25, -0.2) is 12.8 Å². The first kappa shape index (κ1) is 28.4. The maximum absolute atomic E-state index is 13.5. The van der Waals surface area contributed by atoms with E-state index in [-0.39, 0.29) is 39.6 Å². The predicted molar refractivity (Wildman–Crippen MR) is 151 cm³/mol. The van der Waals surface area contributed by atoms with E-state index >= 15 is 0 Å². The predicted octanol–water partition coefficient (Wildman–Crippen LogP) is 6.53. The highest BCUT2D eigenvalue weighted by Gasteiger charge is 2.27. The highest BCUT2D eigenvalue weighted by Crippen LogP contribution is 2.29. The van der Waals surface area contributed by atoms with E-state index in [2.05, 4.69) is 5.32 Å². The lowest BCUT2D eigenvalue weighted by Gasteiger charge is -2.24. The maximum Gasteiger partial charge on any atom is 0.264 e. The Balaban J connectivity index is 1.43. The van der Waals surface area contributed by atoms with Crippen LogP contribution in [-0.4, -0.2) is 20.9 Å². The van der Waals surface area contributed by atoms with Crippen molar-refractivity contribution in [2.45, 2.75) is 25.0 Å². The standard InChI is InChI=1S/C29H25Cl2FN2O4S/c1-20-2-12-28(13-3-20)39(36,37)34(26-15-23(30)14-24(31)16-26)18-29(35)33-17-21-6-10-27(11-7-21)38-19-22-4-8-25(32)9-5-22/h2-16H,17-19H2,1H3,(H,33,35). The summed E-state index contributed by atoms with van der Waals surface area (Å²) in [5, 5.41) is 3.24. The number of benzene rings is 4. The number of ether oxygens (including phenoxy) is 1. The minimum atomic E-state index is -4.10. The number of rotatable bonds is 10. The number of carbonyl (C=O) groups excluding carboxylic acids is 1. The fraction of sp³-hybridized carbons (Fsp3) is 0.138. The number of nitrogens with zero attached hydrogens (tertiary/aromatic N) is 1. The summed E-state index contributed by atoms with van der Waals surface area (Å²) in [5.74, 6) is -0.210. The molecular formula is C29H25Cl2FN2O4S. The minimum Gasteiger partial charge on any atom is -0.489 e. The number of nitrogens with one attached hydrogen (secondary N) is 1. The van der Waals surface area contributed by atoms with Gasteiger partial charge in [0.2, 0.25) is 5.91 Å². The second kappa shape index (κ2) is 12.5. The fourth-order valence-electron chi connectivity index (χ4n) is 3.67. The SMILES string of the molecule is Cc1ccc(S(=O)(=O)N(CC(=O)NCc2ccc(OCc3ccc(F)cc3)cc2)c2cc(Cl)cc(Cl)c2)cc1. The van der Waals surface area contributed by atoms with Crippen molar-refractivity contribution in [3.05, 3.63) is 124 Å². The van der Waals surface area contributed by atoms with E-state index in [1.807, 2.05) is 6.92 Å². The van der Waals surface area contributed by atoms with Crippen LogP contribution in [0.5, 0.6) is 5.75 Å². The Kier molecular flexibility index (Phi) is 9.12. The molecule has 0 aliphatic carbocycles. The number of hydrogen-bond acceptors (Lipinski definition) is 4. The lowest BCUT2D eigenvalue weighted by molar-refractivity contribution is -0.119. The first-order valence-electron chi connectivity index (χ1n) is 11.9. The molecular weight excluding hydrogens is 562 g/mol. The molecule has 4 rings (SSSR count). The van der Waals surface area contributed by atoms with Crippen LogP contribution in [-0.2, 0) is 28.0 Å². The molecule has 4 aromatic carbocycles. The van der Waals surface area contributed by atoms with E-state index in [0.29, 0.717) is 5.75 Å². The van der Waals surface area contributed by atoms with Crippen LogP contribution in [0.25, 0.3) is 0 Å². The summed E-state index contributed by atoms with van der Waals surface area (Å²) in [6.07, 6.45) is 0. The average Bonchev–Trinajstić information content (AvgIpc) is 2.90. The van der Waals surface area contributed by atoms with Gasteiger partial charge in [0.1, 0.15) is 24.7 Å². The molecule has 6 nitrogen and oxygen atoms in total. The Morgan fingerprint density at radius 3 is 2.08 bits per heavy atom. The molecule has 0 fully saturated rings. The molecule has 0 unspecified atom stereocenters. The lowest BCUT2D eigenvalue weighted by Crippen LogP contribution is -2.40. The van der Waals surface area contributed by atoms with E-state index in [4.69, 9.17) is 27.9 Å². The molecule has 0 aliphatic heterocycles. The van der Waals surface area contributed by atoms with E-state index in [1.165, 1.54) is 42.5 Å². The van der Waals surface area contributed by atoms with Crippen molar-refractivity contribution in [1.82, 2.24) is 5.32 Å². The summed E-state index contributed by atoms with van der Waals surface area (Å²) in [6, 6.07) is 23.9. The lowest BCUT2D eigenvalue weighted by atomic mass is 10.2. The monoisotopic (exact) mass is 586 g/mol. The Morgan fingerprint density at radius 2 is 1.46 bits per heavy atom. The zero-order valence-corrected chi connectivity index (χ0v) is 23.2. The summed E-state index contributed by atoms with van der Waals surface area (Å²) in [4.78, 5) is 13.0. The molecule has 10 heteroatoms. The van der Waals surface area contributed by atoms with Gasteiger partial charge in [0, 0.05) is 16.6 Å². The number of carbonyl (C=O) groups is 1. The molecule has 0 aliphatic rings. The molecule has 39 heavy (non-hydrogen) atoms. The van der Waals surface area contributed by atoms with E-state index in [1.54, 1.807) is 48.5 Å². The van der Waals surface area contributed by atoms with Crippen molar-refractivity contribution in [2.24, 2.45) is 0 Å². The first-order chi connectivity index (χ1) is 18.6. The Hall–Kier alpha value is -3.59. The minimum absolute atomic E-state index is 0.0354. The number of halogens is 3. The Morgan fingerprint density at radius 1 is 0.872 bits per heavy atom. The third-order valence-electron chi connectivity index (χ3n) is 5.76. The summed E-state index contributed by atoms with van der Waals surface area (Å²) >= 11 is 12.3. The first-order valence-corrected chi connectivity index (χ1v) is 14.1. The van der Waals surface area contributed by atoms with Crippen LogP contribution < -0.4 is 14.4 Å². The van der Waals surface area contributed by atoms with Gasteiger partial charge in [-0.2, -0.15) is 0 Å². The third-order valence-corrected chi connectivity index (χ3v) is 7.99. The molecule has 0 saturated heterocycles. The van der Waals surface area contributed by atoms with Crippen LogP contribution in [0, 0.1) is 12.7 Å². The summed E-state index contributed by atoms with van der Waals surface area (Å²) < 4.78 is 46.8. The molecule has 0 bridgehead atoms. The van der Waals surface area contributed by atoms with Gasteiger partial charge in [0.05, 0.1) is 10.6 Å². The van der Waals surface area contributed by atoms with Gasteiger partial charge in [0.25, 0.3) is 10.0 Å². The van der Waals surface area contributed by atoms with Gasteiger partial charge in [-0.3, -0.25) is 9.10 Å². The van der Waals surface area contributed by atoms with E-state index in [0.717, 1.165) is 21.0 Å². The maximum atomic E-state index is 13.5. The van der Waals surface area contributed by atoms with Crippen molar-refractivity contribution in [3.8, 4) is 5.75 Å². The fourth-order valence-corrected chi connectivity index (χ4v) is 5.59.